The first-order chi connectivity index (χ1) is 9.69. The van der Waals surface area contributed by atoms with Crippen LogP contribution in [0.2, 0.25) is 0 Å². The van der Waals surface area contributed by atoms with Crippen LogP contribution in [0.5, 0.6) is 0 Å². The number of anilines is 1. The number of pyridine rings is 1. The number of nitrogens with zero attached hydrogens (tertiary/aromatic N) is 2. The summed E-state index contributed by atoms with van der Waals surface area (Å²) >= 11 is 0. The molecule has 3 saturated heterocycles. The third kappa shape index (κ3) is 2.34. The molecule has 7 heteroatoms. The van der Waals surface area contributed by atoms with Crippen LogP contribution in [-0.4, -0.2) is 41.5 Å². The lowest BCUT2D eigenvalue weighted by Crippen LogP contribution is -2.57. The smallest absolute Gasteiger partial charge is 0.254 e. The van der Waals surface area contributed by atoms with E-state index < -0.39 is 11.7 Å². The average molecular weight is 279 g/mol. The molecule has 0 saturated carbocycles. The molecule has 1 unspecified atom stereocenters. The SMILES string of the molecule is NNc1nccc(C(=O)NC2CN3CCC2CC3)c1F. The standard InChI is InChI=1S/C13H18FN5O/c14-11-9(1-4-16-12(11)18-15)13(20)17-10-7-19-5-2-8(10)3-6-19/h1,4,8,10H,2-3,5-7,15H2,(H,16,18)(H,17,20). The van der Waals surface area contributed by atoms with Crippen molar-refractivity contribution >= 4 is 11.7 Å². The Kier molecular flexibility index (Phi) is 3.54. The minimum atomic E-state index is -0.714. The number of aromatic nitrogens is 1. The van der Waals surface area contributed by atoms with Gasteiger partial charge in [0.25, 0.3) is 5.91 Å². The van der Waals surface area contributed by atoms with Gasteiger partial charge >= 0.3 is 0 Å². The van der Waals surface area contributed by atoms with Gasteiger partial charge in [-0.1, -0.05) is 0 Å². The third-order valence-corrected chi connectivity index (χ3v) is 4.24. The number of nitrogen functional groups attached to an aromatic ring is 1. The first kappa shape index (κ1) is 13.3. The van der Waals surface area contributed by atoms with Crippen LogP contribution in [0.25, 0.3) is 0 Å². The highest BCUT2D eigenvalue weighted by molar-refractivity contribution is 5.95. The normalized spacial score (nSPS) is 28.2. The second-order valence-electron chi connectivity index (χ2n) is 5.38. The molecule has 1 aromatic rings. The van der Waals surface area contributed by atoms with Crippen molar-refractivity contribution in [1.82, 2.24) is 15.2 Å². The highest BCUT2D eigenvalue weighted by atomic mass is 19.1. The lowest BCUT2D eigenvalue weighted by atomic mass is 9.84. The Balaban J connectivity index is 1.73. The first-order valence-corrected chi connectivity index (χ1v) is 6.83. The van der Waals surface area contributed by atoms with Crippen molar-refractivity contribution in [3.05, 3.63) is 23.6 Å². The van der Waals surface area contributed by atoms with Gasteiger partial charge in [0.2, 0.25) is 0 Å². The number of hydrogen-bond donors (Lipinski definition) is 3. The summed E-state index contributed by atoms with van der Waals surface area (Å²) in [6, 6.07) is 1.47. The minimum absolute atomic E-state index is 0.0237. The lowest BCUT2D eigenvalue weighted by molar-refractivity contribution is 0.0618. The Morgan fingerprint density at radius 2 is 2.20 bits per heavy atom. The molecular weight excluding hydrogens is 261 g/mol. The van der Waals surface area contributed by atoms with Crippen LogP contribution < -0.4 is 16.6 Å². The summed E-state index contributed by atoms with van der Waals surface area (Å²) in [5.74, 6) is 4.43. The van der Waals surface area contributed by atoms with Gasteiger partial charge in [0.1, 0.15) is 0 Å². The van der Waals surface area contributed by atoms with Crippen molar-refractivity contribution in [2.24, 2.45) is 11.8 Å². The fraction of sp³-hybridized carbons (Fsp3) is 0.538. The van der Waals surface area contributed by atoms with Gasteiger partial charge in [-0.05, 0) is 37.9 Å². The molecule has 2 bridgehead atoms. The molecular formula is C13H18FN5O. The maximum atomic E-state index is 14.0. The van der Waals surface area contributed by atoms with Crippen LogP contribution in [-0.2, 0) is 0 Å². The second-order valence-corrected chi connectivity index (χ2v) is 5.38. The van der Waals surface area contributed by atoms with E-state index in [1.54, 1.807) is 0 Å². The summed E-state index contributed by atoms with van der Waals surface area (Å²) in [5.41, 5.74) is 2.12. The highest BCUT2D eigenvalue weighted by Gasteiger charge is 2.35. The van der Waals surface area contributed by atoms with Crippen LogP contribution >= 0.6 is 0 Å². The zero-order valence-electron chi connectivity index (χ0n) is 11.1. The quantitative estimate of drug-likeness (QED) is 0.548. The average Bonchev–Trinajstić information content (AvgIpc) is 2.48. The molecule has 4 heterocycles. The van der Waals surface area contributed by atoms with Crippen LogP contribution in [0.15, 0.2) is 12.3 Å². The molecule has 3 fully saturated rings. The third-order valence-electron chi connectivity index (χ3n) is 4.24. The molecule has 3 aliphatic rings. The predicted molar refractivity (Wildman–Crippen MR) is 72.4 cm³/mol. The molecule has 0 aromatic carbocycles. The first-order valence-electron chi connectivity index (χ1n) is 6.83. The number of nitrogens with one attached hydrogen (secondary N) is 2. The van der Waals surface area contributed by atoms with E-state index in [2.05, 4.69) is 20.6 Å². The summed E-state index contributed by atoms with van der Waals surface area (Å²) in [5, 5.41) is 2.94. The van der Waals surface area contributed by atoms with E-state index in [4.69, 9.17) is 5.84 Å². The van der Waals surface area contributed by atoms with E-state index in [-0.39, 0.29) is 17.4 Å². The highest BCUT2D eigenvalue weighted by Crippen LogP contribution is 2.27. The minimum Gasteiger partial charge on any atom is -0.348 e. The van der Waals surface area contributed by atoms with Crippen LogP contribution in [0.1, 0.15) is 23.2 Å². The molecule has 4 N–H and O–H groups in total. The van der Waals surface area contributed by atoms with Crippen LogP contribution in [0.4, 0.5) is 10.2 Å². The van der Waals surface area contributed by atoms with Crippen molar-refractivity contribution in [1.29, 1.82) is 0 Å². The molecule has 1 aromatic heterocycles. The molecule has 1 amide bonds. The number of amides is 1. The number of hydrazine groups is 1. The number of piperidine rings is 3. The van der Waals surface area contributed by atoms with Crippen molar-refractivity contribution in [3.63, 3.8) is 0 Å². The monoisotopic (exact) mass is 279 g/mol. The van der Waals surface area contributed by atoms with Crippen molar-refractivity contribution < 1.29 is 9.18 Å². The molecule has 1 atom stereocenters. The second kappa shape index (κ2) is 5.34. The van der Waals surface area contributed by atoms with E-state index in [1.807, 2.05) is 0 Å². The van der Waals surface area contributed by atoms with Gasteiger partial charge in [-0.2, -0.15) is 0 Å². The van der Waals surface area contributed by atoms with E-state index in [0.717, 1.165) is 32.5 Å². The summed E-state index contributed by atoms with van der Waals surface area (Å²) in [4.78, 5) is 18.3. The Bertz CT molecular complexity index is 515. The fourth-order valence-corrected chi connectivity index (χ4v) is 3.09. The van der Waals surface area contributed by atoms with E-state index in [0.29, 0.717) is 5.92 Å². The van der Waals surface area contributed by atoms with Gasteiger partial charge < -0.3 is 15.6 Å². The van der Waals surface area contributed by atoms with Crippen molar-refractivity contribution in [2.75, 3.05) is 25.1 Å². The van der Waals surface area contributed by atoms with Crippen LogP contribution in [0.3, 0.4) is 0 Å². The zero-order chi connectivity index (χ0) is 14.1. The van der Waals surface area contributed by atoms with Crippen molar-refractivity contribution in [2.45, 2.75) is 18.9 Å². The largest absolute Gasteiger partial charge is 0.348 e. The summed E-state index contributed by atoms with van der Waals surface area (Å²) in [6.45, 7) is 3.05. The van der Waals surface area contributed by atoms with Gasteiger partial charge in [0, 0.05) is 18.8 Å². The maximum Gasteiger partial charge on any atom is 0.254 e. The number of carbonyl (C=O) groups is 1. The number of carbonyl (C=O) groups excluding carboxylic acids is 1. The molecule has 0 spiro atoms. The number of fused-ring (bicyclic) bond motifs is 3. The molecule has 20 heavy (non-hydrogen) atoms. The summed E-state index contributed by atoms with van der Waals surface area (Å²) in [7, 11) is 0. The van der Waals surface area contributed by atoms with E-state index >= 15 is 0 Å². The number of nitrogens with two attached hydrogens (primary N) is 1. The molecule has 0 aliphatic carbocycles. The van der Waals surface area contributed by atoms with E-state index in [9.17, 15) is 9.18 Å². The van der Waals surface area contributed by atoms with Crippen LogP contribution in [0, 0.1) is 11.7 Å². The predicted octanol–water partition coefficient (Wildman–Crippen LogP) is 0.330. The Morgan fingerprint density at radius 1 is 1.45 bits per heavy atom. The fourth-order valence-electron chi connectivity index (χ4n) is 3.09. The number of hydrogen-bond acceptors (Lipinski definition) is 5. The maximum absolute atomic E-state index is 14.0. The lowest BCUT2D eigenvalue weighted by Gasteiger charge is -2.44. The van der Waals surface area contributed by atoms with Gasteiger partial charge in [0.15, 0.2) is 11.6 Å². The topological polar surface area (TPSA) is 83.3 Å². The molecule has 4 rings (SSSR count). The summed E-state index contributed by atoms with van der Waals surface area (Å²) < 4.78 is 14.0. The van der Waals surface area contributed by atoms with Gasteiger partial charge in [0.05, 0.1) is 5.56 Å². The Morgan fingerprint density at radius 3 is 2.80 bits per heavy atom. The molecule has 6 nitrogen and oxygen atoms in total. The van der Waals surface area contributed by atoms with Crippen molar-refractivity contribution in [3.8, 4) is 0 Å². The van der Waals surface area contributed by atoms with Gasteiger partial charge in [-0.3, -0.25) is 4.79 Å². The van der Waals surface area contributed by atoms with E-state index in [1.165, 1.54) is 12.3 Å². The molecule has 0 radical (unpaired) electrons. The molecule has 108 valence electrons. The van der Waals surface area contributed by atoms with Gasteiger partial charge in [-0.15, -0.1) is 0 Å². The Labute approximate surface area is 116 Å². The Hall–Kier alpha value is -1.73. The zero-order valence-corrected chi connectivity index (χ0v) is 11.1. The summed E-state index contributed by atoms with van der Waals surface area (Å²) in [6.07, 6.45) is 3.56. The number of halogens is 1. The molecule has 3 aliphatic heterocycles. The number of rotatable bonds is 3. The van der Waals surface area contributed by atoms with Gasteiger partial charge in [-0.25, -0.2) is 15.2 Å².